The Balaban J connectivity index is 4.13. The zero-order valence-corrected chi connectivity index (χ0v) is 13.0. The van der Waals surface area contributed by atoms with Crippen molar-refractivity contribution in [2.45, 2.75) is 85.6 Å². The molecule has 0 radical (unpaired) electrons. The maximum absolute atomic E-state index is 2.74. The van der Waals surface area contributed by atoms with E-state index in [-0.39, 0.29) is 0 Å². The average molecular weight is 241 g/mol. The summed E-state index contributed by atoms with van der Waals surface area (Å²) in [7, 11) is 0. The van der Waals surface area contributed by atoms with Crippen molar-refractivity contribution in [3.63, 3.8) is 0 Å². The fourth-order valence-electron chi connectivity index (χ4n) is 2.45. The van der Waals surface area contributed by atoms with Crippen LogP contribution in [0.25, 0.3) is 0 Å². The first-order chi connectivity index (χ1) is 8.19. The summed E-state index contributed by atoms with van der Waals surface area (Å²) in [5.74, 6) is 0.902. The van der Waals surface area contributed by atoms with E-state index >= 15 is 0 Å². The van der Waals surface area contributed by atoms with Crippen LogP contribution in [0.2, 0.25) is 0 Å². The zero-order valence-electron chi connectivity index (χ0n) is 13.0. The molecule has 17 heavy (non-hydrogen) atoms. The van der Waals surface area contributed by atoms with E-state index in [1.54, 1.807) is 0 Å². The molecule has 1 heteroatoms. The number of rotatable bonds is 11. The Bertz CT molecular complexity index is 156. The van der Waals surface area contributed by atoms with E-state index in [0.29, 0.717) is 0 Å². The molecule has 0 aromatic rings. The Morgan fingerprint density at radius 3 is 2.00 bits per heavy atom. The van der Waals surface area contributed by atoms with Gasteiger partial charge in [-0.25, -0.2) is 0 Å². The van der Waals surface area contributed by atoms with Crippen LogP contribution in [0.3, 0.4) is 0 Å². The maximum Gasteiger partial charge on any atom is 0.00927 e. The third-order valence-corrected chi connectivity index (χ3v) is 3.99. The van der Waals surface area contributed by atoms with E-state index in [1.807, 2.05) is 0 Å². The molecular formula is C16H35N. The van der Waals surface area contributed by atoms with Crippen LogP contribution in [0, 0.1) is 5.92 Å². The lowest BCUT2D eigenvalue weighted by atomic mass is 9.97. The van der Waals surface area contributed by atoms with Gasteiger partial charge in [-0.05, 0) is 51.1 Å². The minimum Gasteiger partial charge on any atom is -0.300 e. The minimum absolute atomic E-state index is 0.829. The van der Waals surface area contributed by atoms with E-state index < -0.39 is 0 Å². The molecule has 0 fully saturated rings. The van der Waals surface area contributed by atoms with Crippen LogP contribution in [0.5, 0.6) is 0 Å². The minimum atomic E-state index is 0.829. The Morgan fingerprint density at radius 1 is 0.824 bits per heavy atom. The van der Waals surface area contributed by atoms with E-state index in [1.165, 1.54) is 58.0 Å². The van der Waals surface area contributed by atoms with Gasteiger partial charge in [-0.15, -0.1) is 0 Å². The monoisotopic (exact) mass is 241 g/mol. The quantitative estimate of drug-likeness (QED) is 0.486. The van der Waals surface area contributed by atoms with Gasteiger partial charge < -0.3 is 4.90 Å². The summed E-state index contributed by atoms with van der Waals surface area (Å²) in [4.78, 5) is 2.74. The summed E-state index contributed by atoms with van der Waals surface area (Å²) >= 11 is 0. The molecule has 0 bridgehead atoms. The first-order valence-corrected chi connectivity index (χ1v) is 7.93. The van der Waals surface area contributed by atoms with Crippen molar-refractivity contribution < 1.29 is 0 Å². The van der Waals surface area contributed by atoms with Crippen LogP contribution < -0.4 is 0 Å². The van der Waals surface area contributed by atoms with Gasteiger partial charge in [0.2, 0.25) is 0 Å². The third-order valence-electron chi connectivity index (χ3n) is 3.99. The number of hydrogen-bond donors (Lipinski definition) is 0. The lowest BCUT2D eigenvalue weighted by molar-refractivity contribution is 0.171. The second kappa shape index (κ2) is 11.1. The van der Waals surface area contributed by atoms with Gasteiger partial charge in [0, 0.05) is 6.04 Å². The molecule has 0 saturated carbocycles. The van der Waals surface area contributed by atoms with E-state index in [0.717, 1.165) is 12.0 Å². The molecule has 0 aromatic carbocycles. The maximum atomic E-state index is 2.74. The standard InChI is InChI=1S/C16H35N/c1-6-10-14-17(13-7-2)16(9-4)12-11-15(5)8-3/h15-16H,6-14H2,1-5H3. The highest BCUT2D eigenvalue weighted by atomic mass is 15.1. The molecule has 0 N–H and O–H groups in total. The van der Waals surface area contributed by atoms with Gasteiger partial charge in [0.1, 0.15) is 0 Å². The lowest BCUT2D eigenvalue weighted by Gasteiger charge is -2.31. The van der Waals surface area contributed by atoms with Crippen LogP contribution in [-0.4, -0.2) is 24.0 Å². The first kappa shape index (κ1) is 17.0. The number of unbranched alkanes of at least 4 members (excludes halogenated alkanes) is 1. The average Bonchev–Trinajstić information content (AvgIpc) is 2.35. The fourth-order valence-corrected chi connectivity index (χ4v) is 2.45. The lowest BCUT2D eigenvalue weighted by Crippen LogP contribution is -2.36. The summed E-state index contributed by atoms with van der Waals surface area (Å²) in [6.07, 6.45) is 9.43. The van der Waals surface area contributed by atoms with Crippen molar-refractivity contribution in [3.05, 3.63) is 0 Å². The van der Waals surface area contributed by atoms with Crippen LogP contribution in [0.15, 0.2) is 0 Å². The summed E-state index contributed by atoms with van der Waals surface area (Å²) in [6.45, 7) is 14.3. The van der Waals surface area contributed by atoms with Gasteiger partial charge in [0.25, 0.3) is 0 Å². The van der Waals surface area contributed by atoms with Crippen LogP contribution in [-0.2, 0) is 0 Å². The molecule has 2 unspecified atom stereocenters. The molecule has 0 heterocycles. The third kappa shape index (κ3) is 7.81. The molecule has 0 aliphatic rings. The van der Waals surface area contributed by atoms with Crippen molar-refractivity contribution >= 4 is 0 Å². The zero-order chi connectivity index (χ0) is 13.1. The van der Waals surface area contributed by atoms with Crippen molar-refractivity contribution in [1.29, 1.82) is 0 Å². The summed E-state index contributed by atoms with van der Waals surface area (Å²) in [6, 6.07) is 0.829. The molecule has 1 nitrogen and oxygen atoms in total. The Kier molecular flexibility index (Phi) is 11.0. The van der Waals surface area contributed by atoms with Gasteiger partial charge in [-0.2, -0.15) is 0 Å². The van der Waals surface area contributed by atoms with Gasteiger partial charge in [-0.3, -0.25) is 0 Å². The molecular weight excluding hydrogens is 206 g/mol. The second-order valence-electron chi connectivity index (χ2n) is 5.54. The van der Waals surface area contributed by atoms with Gasteiger partial charge in [-0.1, -0.05) is 47.5 Å². The van der Waals surface area contributed by atoms with E-state index in [4.69, 9.17) is 0 Å². The van der Waals surface area contributed by atoms with Crippen molar-refractivity contribution in [2.75, 3.05) is 13.1 Å². The second-order valence-corrected chi connectivity index (χ2v) is 5.54. The van der Waals surface area contributed by atoms with Gasteiger partial charge in [0.05, 0.1) is 0 Å². The smallest absolute Gasteiger partial charge is 0.00927 e. The molecule has 0 saturated heterocycles. The van der Waals surface area contributed by atoms with Crippen LogP contribution in [0.1, 0.15) is 79.6 Å². The van der Waals surface area contributed by atoms with E-state index in [9.17, 15) is 0 Å². The predicted octanol–water partition coefficient (Wildman–Crippen LogP) is 5.10. The van der Waals surface area contributed by atoms with Crippen molar-refractivity contribution in [2.24, 2.45) is 5.92 Å². The first-order valence-electron chi connectivity index (χ1n) is 7.93. The fraction of sp³-hybridized carbons (Fsp3) is 1.00. The normalized spacial score (nSPS) is 15.2. The van der Waals surface area contributed by atoms with Crippen molar-refractivity contribution in [3.8, 4) is 0 Å². The topological polar surface area (TPSA) is 3.24 Å². The Hall–Kier alpha value is -0.0400. The largest absolute Gasteiger partial charge is 0.300 e. The molecule has 0 rings (SSSR count). The highest BCUT2D eigenvalue weighted by Crippen LogP contribution is 2.18. The van der Waals surface area contributed by atoms with Gasteiger partial charge >= 0.3 is 0 Å². The number of hydrogen-bond acceptors (Lipinski definition) is 1. The van der Waals surface area contributed by atoms with Crippen molar-refractivity contribution in [1.82, 2.24) is 4.90 Å². The highest BCUT2D eigenvalue weighted by molar-refractivity contribution is 4.71. The van der Waals surface area contributed by atoms with Gasteiger partial charge in [0.15, 0.2) is 0 Å². The molecule has 0 aromatic heterocycles. The Morgan fingerprint density at radius 2 is 1.53 bits per heavy atom. The number of nitrogens with zero attached hydrogens (tertiary/aromatic N) is 1. The van der Waals surface area contributed by atoms with Crippen LogP contribution in [0.4, 0.5) is 0 Å². The molecule has 2 atom stereocenters. The molecule has 0 spiro atoms. The molecule has 0 aliphatic heterocycles. The van der Waals surface area contributed by atoms with E-state index in [2.05, 4.69) is 39.5 Å². The predicted molar refractivity (Wildman–Crippen MR) is 79.5 cm³/mol. The molecule has 0 aliphatic carbocycles. The molecule has 104 valence electrons. The summed E-state index contributed by atoms with van der Waals surface area (Å²) in [5, 5.41) is 0. The Labute approximate surface area is 110 Å². The molecule has 0 amide bonds. The summed E-state index contributed by atoms with van der Waals surface area (Å²) in [5.41, 5.74) is 0. The summed E-state index contributed by atoms with van der Waals surface area (Å²) < 4.78 is 0. The SMILES string of the molecule is CCCCN(CCC)C(CC)CCC(C)CC. The highest BCUT2D eigenvalue weighted by Gasteiger charge is 2.16. The van der Waals surface area contributed by atoms with Crippen LogP contribution >= 0.6 is 0 Å².